The largest absolute Gasteiger partial charge is 0.356 e. The Labute approximate surface area is 220 Å². The van der Waals surface area contributed by atoms with Gasteiger partial charge in [-0.2, -0.15) is 0 Å². The minimum atomic E-state index is -0.0806. The van der Waals surface area contributed by atoms with Crippen molar-refractivity contribution in [2.75, 3.05) is 49.5 Å². The number of rotatable bonds is 6. The lowest BCUT2D eigenvalue weighted by Crippen LogP contribution is -2.48. The lowest BCUT2D eigenvalue weighted by atomic mass is 10.1. The van der Waals surface area contributed by atoms with Gasteiger partial charge in [-0.05, 0) is 36.4 Å². The van der Waals surface area contributed by atoms with E-state index in [1.807, 2.05) is 54.6 Å². The van der Waals surface area contributed by atoms with Gasteiger partial charge in [0.05, 0.1) is 29.2 Å². The van der Waals surface area contributed by atoms with Crippen molar-refractivity contribution in [3.05, 3.63) is 78.2 Å². The number of fused-ring (bicyclic) bond motifs is 1. The number of para-hydroxylation sites is 1. The first-order valence-corrected chi connectivity index (χ1v) is 12.7. The Kier molecular flexibility index (Phi) is 6.53. The molecule has 1 saturated heterocycles. The van der Waals surface area contributed by atoms with Crippen molar-refractivity contribution in [1.82, 2.24) is 30.2 Å². The number of carbonyl (C=O) groups is 2. The van der Waals surface area contributed by atoms with E-state index in [0.717, 1.165) is 55.4 Å². The van der Waals surface area contributed by atoms with Crippen LogP contribution in [0.15, 0.2) is 67.0 Å². The summed E-state index contributed by atoms with van der Waals surface area (Å²) >= 11 is 0. The predicted molar refractivity (Wildman–Crippen MR) is 145 cm³/mol. The molecule has 10 heteroatoms. The average Bonchev–Trinajstić information content (AvgIpc) is 3.40. The summed E-state index contributed by atoms with van der Waals surface area (Å²) in [7, 11) is 0. The standard InChI is InChI=1S/C28H28N8O2/c37-26(18-35-13-15-36(16-14-35)25-7-3-4-10-29-25)33-21-6-2-1-5-19(21)27-30-11-9-23(34-27)24-17-20-22(32-24)8-12-31-28(20)38/h1-7,9-11,17,32H,8,12-16,18H2,(H,31,38)(H,33,37). The molecule has 3 aromatic heterocycles. The third-order valence-corrected chi connectivity index (χ3v) is 6.89. The number of aromatic nitrogens is 4. The number of hydrogen-bond acceptors (Lipinski definition) is 7. The second kappa shape index (κ2) is 10.4. The highest BCUT2D eigenvalue weighted by atomic mass is 16.2. The zero-order chi connectivity index (χ0) is 25.9. The Hall–Kier alpha value is -4.57. The smallest absolute Gasteiger partial charge is 0.253 e. The SMILES string of the molecule is O=C(CN1CCN(c2ccccn2)CC1)Nc1ccccc1-c1nccc(-c2cc3c([nH]2)CCNC3=O)n1. The molecular weight excluding hydrogens is 480 g/mol. The average molecular weight is 509 g/mol. The normalized spacial score (nSPS) is 15.6. The van der Waals surface area contributed by atoms with Crippen molar-refractivity contribution in [3.8, 4) is 22.8 Å². The molecule has 2 aliphatic heterocycles. The Morgan fingerprint density at radius 1 is 0.947 bits per heavy atom. The lowest BCUT2D eigenvalue weighted by Gasteiger charge is -2.35. The molecule has 4 aromatic rings. The third kappa shape index (κ3) is 4.98. The molecule has 2 amide bonds. The molecule has 10 nitrogen and oxygen atoms in total. The number of anilines is 2. The zero-order valence-electron chi connectivity index (χ0n) is 20.9. The number of pyridine rings is 1. The number of nitrogens with one attached hydrogen (secondary N) is 3. The van der Waals surface area contributed by atoms with Crippen LogP contribution in [0.1, 0.15) is 16.1 Å². The first-order chi connectivity index (χ1) is 18.6. The zero-order valence-corrected chi connectivity index (χ0v) is 20.9. The molecule has 5 heterocycles. The van der Waals surface area contributed by atoms with Crippen LogP contribution < -0.4 is 15.5 Å². The number of piperazine rings is 1. The summed E-state index contributed by atoms with van der Waals surface area (Å²) in [4.78, 5) is 46.5. The Bertz CT molecular complexity index is 1460. The van der Waals surface area contributed by atoms with E-state index in [1.54, 1.807) is 12.4 Å². The molecule has 0 saturated carbocycles. The van der Waals surface area contributed by atoms with E-state index in [-0.39, 0.29) is 11.8 Å². The molecular formula is C28H28N8O2. The molecule has 1 fully saturated rings. The van der Waals surface area contributed by atoms with E-state index in [4.69, 9.17) is 4.98 Å². The number of nitrogens with zero attached hydrogens (tertiary/aromatic N) is 5. The molecule has 1 aromatic carbocycles. The van der Waals surface area contributed by atoms with Crippen molar-refractivity contribution < 1.29 is 9.59 Å². The molecule has 0 atom stereocenters. The number of H-pyrrole nitrogens is 1. The van der Waals surface area contributed by atoms with Crippen LogP contribution >= 0.6 is 0 Å². The number of aromatic amines is 1. The highest BCUT2D eigenvalue weighted by Crippen LogP contribution is 2.28. The summed E-state index contributed by atoms with van der Waals surface area (Å²) in [6.45, 7) is 4.15. The third-order valence-electron chi connectivity index (χ3n) is 6.89. The highest BCUT2D eigenvalue weighted by Gasteiger charge is 2.22. The molecule has 0 spiro atoms. The molecule has 6 rings (SSSR count). The van der Waals surface area contributed by atoms with Crippen molar-refractivity contribution in [2.24, 2.45) is 0 Å². The van der Waals surface area contributed by atoms with Gasteiger partial charge in [0.25, 0.3) is 5.91 Å². The second-order valence-electron chi connectivity index (χ2n) is 9.39. The van der Waals surface area contributed by atoms with Crippen LogP contribution in [0.2, 0.25) is 0 Å². The van der Waals surface area contributed by atoms with Gasteiger partial charge in [0, 0.05) is 62.8 Å². The van der Waals surface area contributed by atoms with Crippen molar-refractivity contribution in [2.45, 2.75) is 6.42 Å². The van der Waals surface area contributed by atoms with E-state index < -0.39 is 0 Å². The van der Waals surface area contributed by atoms with E-state index in [0.29, 0.717) is 35.9 Å². The van der Waals surface area contributed by atoms with Gasteiger partial charge in [-0.3, -0.25) is 14.5 Å². The Morgan fingerprint density at radius 3 is 2.61 bits per heavy atom. The topological polar surface area (TPSA) is 119 Å². The Morgan fingerprint density at radius 2 is 1.79 bits per heavy atom. The summed E-state index contributed by atoms with van der Waals surface area (Å²) in [6, 6.07) is 17.1. The molecule has 192 valence electrons. The molecule has 0 aliphatic carbocycles. The first-order valence-electron chi connectivity index (χ1n) is 12.7. The number of amides is 2. The van der Waals surface area contributed by atoms with Crippen LogP contribution in [-0.2, 0) is 11.2 Å². The minimum Gasteiger partial charge on any atom is -0.356 e. The molecule has 3 N–H and O–H groups in total. The maximum absolute atomic E-state index is 13.0. The van der Waals surface area contributed by atoms with Gasteiger partial charge < -0.3 is 20.5 Å². The van der Waals surface area contributed by atoms with Gasteiger partial charge in [0.15, 0.2) is 5.82 Å². The summed E-state index contributed by atoms with van der Waals surface area (Å²) in [6.07, 6.45) is 4.25. The molecule has 0 bridgehead atoms. The van der Waals surface area contributed by atoms with Crippen molar-refractivity contribution >= 4 is 23.3 Å². The first kappa shape index (κ1) is 23.8. The van der Waals surface area contributed by atoms with Crippen LogP contribution in [0.25, 0.3) is 22.8 Å². The minimum absolute atomic E-state index is 0.0748. The fraction of sp³-hybridized carbons (Fsp3) is 0.250. The maximum atomic E-state index is 13.0. The maximum Gasteiger partial charge on any atom is 0.253 e. The monoisotopic (exact) mass is 508 g/mol. The van der Waals surface area contributed by atoms with Crippen LogP contribution in [0, 0.1) is 0 Å². The number of hydrogen-bond donors (Lipinski definition) is 3. The van der Waals surface area contributed by atoms with Gasteiger partial charge in [0.1, 0.15) is 5.82 Å². The van der Waals surface area contributed by atoms with E-state index in [1.165, 1.54) is 0 Å². The summed E-state index contributed by atoms with van der Waals surface area (Å²) in [5.41, 5.74) is 4.41. The van der Waals surface area contributed by atoms with Crippen molar-refractivity contribution in [1.29, 1.82) is 0 Å². The molecule has 2 aliphatic rings. The van der Waals surface area contributed by atoms with Gasteiger partial charge in [-0.15, -0.1) is 0 Å². The van der Waals surface area contributed by atoms with Gasteiger partial charge in [-0.25, -0.2) is 15.0 Å². The van der Waals surface area contributed by atoms with Crippen molar-refractivity contribution in [3.63, 3.8) is 0 Å². The summed E-state index contributed by atoms with van der Waals surface area (Å²) in [5, 5.41) is 5.92. The molecule has 0 unspecified atom stereocenters. The summed E-state index contributed by atoms with van der Waals surface area (Å²) in [5.74, 6) is 1.31. The van der Waals surface area contributed by atoms with Crippen LogP contribution in [-0.4, -0.2) is 75.9 Å². The van der Waals surface area contributed by atoms with Crippen LogP contribution in [0.3, 0.4) is 0 Å². The highest BCUT2D eigenvalue weighted by molar-refractivity contribution is 5.98. The van der Waals surface area contributed by atoms with Gasteiger partial charge in [0.2, 0.25) is 5.91 Å². The van der Waals surface area contributed by atoms with E-state index in [9.17, 15) is 9.59 Å². The fourth-order valence-electron chi connectivity index (χ4n) is 4.93. The van der Waals surface area contributed by atoms with E-state index in [2.05, 4.69) is 35.4 Å². The van der Waals surface area contributed by atoms with E-state index >= 15 is 0 Å². The number of benzene rings is 1. The molecule has 38 heavy (non-hydrogen) atoms. The quantitative estimate of drug-likeness (QED) is 0.366. The number of carbonyl (C=O) groups excluding carboxylic acids is 2. The predicted octanol–water partition coefficient (Wildman–Crippen LogP) is 2.58. The second-order valence-corrected chi connectivity index (χ2v) is 9.39. The van der Waals surface area contributed by atoms with Gasteiger partial charge in [-0.1, -0.05) is 18.2 Å². The van der Waals surface area contributed by atoms with Crippen LogP contribution in [0.5, 0.6) is 0 Å². The van der Waals surface area contributed by atoms with Gasteiger partial charge >= 0.3 is 0 Å². The molecule has 0 radical (unpaired) electrons. The lowest BCUT2D eigenvalue weighted by molar-refractivity contribution is -0.117. The van der Waals surface area contributed by atoms with Crippen LogP contribution in [0.4, 0.5) is 11.5 Å². The fourth-order valence-corrected chi connectivity index (χ4v) is 4.93. The Balaban J connectivity index is 1.14. The summed E-state index contributed by atoms with van der Waals surface area (Å²) < 4.78 is 0.